The standard InChI is InChI=1S/C16H16Cl2N4O/c17-12-6-3-7-13(18)14(12)22-15(23)10-8-19-16(20-9-10)21-11-4-1-2-5-11/h3,6-9,11H,1-2,4-5H2,(H,22,23)(H,19,20,21). The number of anilines is 2. The molecule has 120 valence electrons. The number of hydrogen-bond acceptors (Lipinski definition) is 4. The minimum atomic E-state index is -0.354. The molecular weight excluding hydrogens is 335 g/mol. The lowest BCUT2D eigenvalue weighted by Gasteiger charge is -2.12. The minimum Gasteiger partial charge on any atom is -0.351 e. The summed E-state index contributed by atoms with van der Waals surface area (Å²) >= 11 is 12.1. The largest absolute Gasteiger partial charge is 0.351 e. The van der Waals surface area contributed by atoms with Crippen molar-refractivity contribution < 1.29 is 4.79 Å². The fourth-order valence-corrected chi connectivity index (χ4v) is 3.07. The maximum Gasteiger partial charge on any atom is 0.258 e. The van der Waals surface area contributed by atoms with Gasteiger partial charge in [-0.1, -0.05) is 42.1 Å². The second kappa shape index (κ2) is 7.15. The summed E-state index contributed by atoms with van der Waals surface area (Å²) in [5.41, 5.74) is 0.729. The summed E-state index contributed by atoms with van der Waals surface area (Å²) < 4.78 is 0. The first-order valence-corrected chi connectivity index (χ1v) is 8.23. The van der Waals surface area contributed by atoms with Crippen molar-refractivity contribution >= 4 is 40.7 Å². The Morgan fingerprint density at radius 2 is 1.70 bits per heavy atom. The fourth-order valence-electron chi connectivity index (χ4n) is 2.58. The number of hydrogen-bond donors (Lipinski definition) is 2. The number of benzene rings is 1. The quantitative estimate of drug-likeness (QED) is 0.857. The molecule has 0 radical (unpaired) electrons. The van der Waals surface area contributed by atoms with Gasteiger partial charge in [-0.15, -0.1) is 0 Å². The van der Waals surface area contributed by atoms with E-state index in [0.29, 0.717) is 33.3 Å². The Labute approximate surface area is 144 Å². The number of carbonyl (C=O) groups excluding carboxylic acids is 1. The van der Waals surface area contributed by atoms with E-state index < -0.39 is 0 Å². The molecule has 0 atom stereocenters. The van der Waals surface area contributed by atoms with Gasteiger partial charge in [-0.3, -0.25) is 4.79 Å². The average Bonchev–Trinajstić information content (AvgIpc) is 3.04. The second-order valence-electron chi connectivity index (χ2n) is 5.47. The summed E-state index contributed by atoms with van der Waals surface area (Å²) in [6.07, 6.45) is 7.72. The Morgan fingerprint density at radius 1 is 1.09 bits per heavy atom. The lowest BCUT2D eigenvalue weighted by Crippen LogP contribution is -2.18. The van der Waals surface area contributed by atoms with Crippen LogP contribution in [0, 0.1) is 0 Å². The van der Waals surface area contributed by atoms with Crippen molar-refractivity contribution in [3.8, 4) is 0 Å². The molecule has 1 heterocycles. The molecule has 0 bridgehead atoms. The lowest BCUT2D eigenvalue weighted by atomic mass is 10.2. The Balaban J connectivity index is 1.67. The first-order valence-electron chi connectivity index (χ1n) is 7.47. The number of halogens is 2. The highest BCUT2D eigenvalue weighted by atomic mass is 35.5. The third-order valence-electron chi connectivity index (χ3n) is 3.80. The van der Waals surface area contributed by atoms with Crippen LogP contribution < -0.4 is 10.6 Å². The van der Waals surface area contributed by atoms with Gasteiger partial charge in [0.2, 0.25) is 5.95 Å². The Morgan fingerprint density at radius 3 is 2.30 bits per heavy atom. The van der Waals surface area contributed by atoms with Crippen molar-refractivity contribution in [2.45, 2.75) is 31.7 Å². The highest BCUT2D eigenvalue weighted by Gasteiger charge is 2.16. The summed E-state index contributed by atoms with van der Waals surface area (Å²) in [7, 11) is 0. The van der Waals surface area contributed by atoms with E-state index in [1.54, 1.807) is 18.2 Å². The van der Waals surface area contributed by atoms with Crippen LogP contribution in [0.15, 0.2) is 30.6 Å². The Kier molecular flexibility index (Phi) is 4.98. The van der Waals surface area contributed by atoms with Gasteiger partial charge in [-0.2, -0.15) is 0 Å². The minimum absolute atomic E-state index is 0.345. The zero-order valence-corrected chi connectivity index (χ0v) is 13.9. The highest BCUT2D eigenvalue weighted by molar-refractivity contribution is 6.40. The summed E-state index contributed by atoms with van der Waals surface area (Å²) in [6.45, 7) is 0. The van der Waals surface area contributed by atoms with Crippen molar-refractivity contribution in [1.29, 1.82) is 0 Å². The number of aromatic nitrogens is 2. The van der Waals surface area contributed by atoms with Crippen LogP contribution in [-0.4, -0.2) is 21.9 Å². The number of carbonyl (C=O) groups is 1. The maximum absolute atomic E-state index is 12.2. The zero-order valence-electron chi connectivity index (χ0n) is 12.4. The molecule has 1 aromatic carbocycles. The van der Waals surface area contributed by atoms with Crippen LogP contribution in [0.4, 0.5) is 11.6 Å². The van der Waals surface area contributed by atoms with Gasteiger partial charge in [-0.25, -0.2) is 9.97 Å². The second-order valence-corrected chi connectivity index (χ2v) is 6.29. The van der Waals surface area contributed by atoms with Gasteiger partial charge < -0.3 is 10.6 Å². The molecule has 0 saturated heterocycles. The van der Waals surface area contributed by atoms with Crippen LogP contribution in [0.5, 0.6) is 0 Å². The van der Waals surface area contributed by atoms with E-state index in [-0.39, 0.29) is 5.91 Å². The molecule has 5 nitrogen and oxygen atoms in total. The number of amides is 1. The lowest BCUT2D eigenvalue weighted by molar-refractivity contribution is 0.102. The average molecular weight is 351 g/mol. The first-order chi connectivity index (χ1) is 11.1. The number of nitrogens with zero attached hydrogens (tertiary/aromatic N) is 2. The summed E-state index contributed by atoms with van der Waals surface area (Å²) in [6, 6.07) is 5.46. The van der Waals surface area contributed by atoms with E-state index in [0.717, 1.165) is 12.8 Å². The molecule has 0 aliphatic heterocycles. The van der Waals surface area contributed by atoms with E-state index in [1.165, 1.54) is 25.2 Å². The maximum atomic E-state index is 12.2. The zero-order chi connectivity index (χ0) is 16.2. The van der Waals surface area contributed by atoms with E-state index in [1.807, 2.05) is 0 Å². The predicted octanol–water partition coefficient (Wildman–Crippen LogP) is 4.39. The van der Waals surface area contributed by atoms with Gasteiger partial charge in [0.15, 0.2) is 0 Å². The van der Waals surface area contributed by atoms with Gasteiger partial charge in [0.25, 0.3) is 5.91 Å². The highest BCUT2D eigenvalue weighted by Crippen LogP contribution is 2.30. The van der Waals surface area contributed by atoms with Crippen LogP contribution in [0.25, 0.3) is 0 Å². The smallest absolute Gasteiger partial charge is 0.258 e. The van der Waals surface area contributed by atoms with E-state index >= 15 is 0 Å². The Bertz CT molecular complexity index is 679. The van der Waals surface area contributed by atoms with Crippen LogP contribution >= 0.6 is 23.2 Å². The molecule has 1 saturated carbocycles. The molecule has 1 aliphatic rings. The normalized spacial score (nSPS) is 14.7. The van der Waals surface area contributed by atoms with Crippen molar-refractivity contribution in [2.24, 2.45) is 0 Å². The van der Waals surface area contributed by atoms with Gasteiger partial charge >= 0.3 is 0 Å². The van der Waals surface area contributed by atoms with Gasteiger partial charge in [0.1, 0.15) is 0 Å². The van der Waals surface area contributed by atoms with Crippen molar-refractivity contribution in [3.05, 3.63) is 46.2 Å². The summed E-state index contributed by atoms with van der Waals surface area (Å²) in [5, 5.41) is 6.72. The number of rotatable bonds is 4. The van der Waals surface area contributed by atoms with E-state index in [9.17, 15) is 4.79 Å². The van der Waals surface area contributed by atoms with E-state index in [4.69, 9.17) is 23.2 Å². The molecule has 0 spiro atoms. The molecular formula is C16H16Cl2N4O. The van der Waals surface area contributed by atoms with Gasteiger partial charge in [0.05, 0.1) is 21.3 Å². The molecule has 23 heavy (non-hydrogen) atoms. The van der Waals surface area contributed by atoms with Crippen LogP contribution in [-0.2, 0) is 0 Å². The van der Waals surface area contributed by atoms with Crippen molar-refractivity contribution in [1.82, 2.24) is 9.97 Å². The molecule has 1 aromatic heterocycles. The first kappa shape index (κ1) is 16.0. The van der Waals surface area contributed by atoms with Crippen molar-refractivity contribution in [2.75, 3.05) is 10.6 Å². The molecule has 1 amide bonds. The van der Waals surface area contributed by atoms with Crippen LogP contribution in [0.3, 0.4) is 0 Å². The van der Waals surface area contributed by atoms with Crippen LogP contribution in [0.2, 0.25) is 10.0 Å². The van der Waals surface area contributed by atoms with Crippen LogP contribution in [0.1, 0.15) is 36.0 Å². The molecule has 7 heteroatoms. The fraction of sp³-hybridized carbons (Fsp3) is 0.312. The predicted molar refractivity (Wildman–Crippen MR) is 92.3 cm³/mol. The Hall–Kier alpha value is -1.85. The molecule has 1 fully saturated rings. The number of nitrogens with one attached hydrogen (secondary N) is 2. The van der Waals surface area contributed by atoms with Gasteiger partial charge in [-0.05, 0) is 25.0 Å². The third-order valence-corrected chi connectivity index (χ3v) is 4.43. The number of para-hydroxylation sites is 1. The van der Waals surface area contributed by atoms with Gasteiger partial charge in [0, 0.05) is 18.4 Å². The summed E-state index contributed by atoms with van der Waals surface area (Å²) in [5.74, 6) is 0.191. The van der Waals surface area contributed by atoms with Crippen molar-refractivity contribution in [3.63, 3.8) is 0 Å². The third kappa shape index (κ3) is 3.92. The van der Waals surface area contributed by atoms with E-state index in [2.05, 4.69) is 20.6 Å². The SMILES string of the molecule is O=C(Nc1c(Cl)cccc1Cl)c1cnc(NC2CCCC2)nc1. The monoisotopic (exact) mass is 350 g/mol. The molecule has 0 unspecified atom stereocenters. The summed E-state index contributed by atoms with van der Waals surface area (Å²) in [4.78, 5) is 20.6. The molecule has 2 N–H and O–H groups in total. The molecule has 2 aromatic rings. The molecule has 1 aliphatic carbocycles. The topological polar surface area (TPSA) is 66.9 Å². The molecule has 3 rings (SSSR count).